The molecule has 4 rings (SSSR count). The van der Waals surface area contributed by atoms with Crippen LogP contribution < -0.4 is 10.1 Å². The molecule has 1 aliphatic rings. The Balaban J connectivity index is 1.74. The molecular weight excluding hydrogens is 356 g/mol. The van der Waals surface area contributed by atoms with Crippen LogP contribution >= 0.6 is 11.8 Å². The molecule has 3 aromatic rings. The number of ether oxygens (including phenoxy) is 1. The molecule has 0 aliphatic carbocycles. The summed E-state index contributed by atoms with van der Waals surface area (Å²) in [5.41, 5.74) is 1.72. The van der Waals surface area contributed by atoms with E-state index in [0.29, 0.717) is 16.7 Å². The molecule has 134 valence electrons. The van der Waals surface area contributed by atoms with Crippen molar-refractivity contribution >= 4 is 45.4 Å². The summed E-state index contributed by atoms with van der Waals surface area (Å²) in [6.07, 6.45) is 1.89. The lowest BCUT2D eigenvalue weighted by atomic mass is 10.0. The number of amidine groups is 1. The fourth-order valence-corrected chi connectivity index (χ4v) is 3.76. The molecule has 4 nitrogen and oxygen atoms in total. The van der Waals surface area contributed by atoms with Gasteiger partial charge in [-0.05, 0) is 53.7 Å². The minimum Gasteiger partial charge on any atom is -0.493 e. The van der Waals surface area contributed by atoms with E-state index in [4.69, 9.17) is 4.74 Å². The van der Waals surface area contributed by atoms with E-state index in [2.05, 4.69) is 16.4 Å². The Morgan fingerprint density at radius 1 is 1.04 bits per heavy atom. The van der Waals surface area contributed by atoms with Gasteiger partial charge in [0, 0.05) is 5.56 Å². The van der Waals surface area contributed by atoms with E-state index in [1.807, 2.05) is 73.7 Å². The molecule has 1 N–H and O–H groups in total. The van der Waals surface area contributed by atoms with Crippen LogP contribution in [-0.4, -0.2) is 17.7 Å². The third-order valence-corrected chi connectivity index (χ3v) is 5.05. The van der Waals surface area contributed by atoms with Gasteiger partial charge in [-0.15, -0.1) is 0 Å². The van der Waals surface area contributed by atoms with Crippen molar-refractivity contribution in [1.29, 1.82) is 0 Å². The number of hydrogen-bond acceptors (Lipinski definition) is 4. The fraction of sp³-hybridized carbons (Fsp3) is 0.0909. The van der Waals surface area contributed by atoms with Gasteiger partial charge in [-0.3, -0.25) is 4.79 Å². The summed E-state index contributed by atoms with van der Waals surface area (Å²) >= 11 is 1.34. The minimum atomic E-state index is -0.148. The minimum absolute atomic E-state index is 0.148. The first kappa shape index (κ1) is 17.4. The number of rotatable bonds is 4. The van der Waals surface area contributed by atoms with Gasteiger partial charge < -0.3 is 10.1 Å². The number of carbonyl (C=O) groups excluding carboxylic acids is 1. The van der Waals surface area contributed by atoms with Crippen molar-refractivity contribution < 1.29 is 9.53 Å². The second-order valence-electron chi connectivity index (χ2n) is 5.95. The summed E-state index contributed by atoms with van der Waals surface area (Å²) in [6.45, 7) is 2.52. The maximum atomic E-state index is 12.5. The normalized spacial score (nSPS) is 16.9. The van der Waals surface area contributed by atoms with E-state index < -0.39 is 0 Å². The Morgan fingerprint density at radius 3 is 2.63 bits per heavy atom. The first-order chi connectivity index (χ1) is 13.2. The maximum absolute atomic E-state index is 12.5. The van der Waals surface area contributed by atoms with Gasteiger partial charge >= 0.3 is 0 Å². The van der Waals surface area contributed by atoms with Crippen LogP contribution in [0.5, 0.6) is 5.75 Å². The van der Waals surface area contributed by atoms with E-state index >= 15 is 0 Å². The Morgan fingerprint density at radius 2 is 1.81 bits per heavy atom. The Hall–Kier alpha value is -3.05. The Kier molecular flexibility index (Phi) is 4.94. The summed E-state index contributed by atoms with van der Waals surface area (Å²) in [6, 6.07) is 21.7. The van der Waals surface area contributed by atoms with Crippen molar-refractivity contribution in [1.82, 2.24) is 5.32 Å². The second-order valence-corrected chi connectivity index (χ2v) is 6.98. The van der Waals surface area contributed by atoms with Crippen molar-refractivity contribution in [2.45, 2.75) is 6.92 Å². The van der Waals surface area contributed by atoms with Crippen LogP contribution in [0.25, 0.3) is 16.8 Å². The number of nitrogens with zero attached hydrogens (tertiary/aromatic N) is 1. The van der Waals surface area contributed by atoms with Crippen LogP contribution in [0.2, 0.25) is 0 Å². The Labute approximate surface area is 162 Å². The van der Waals surface area contributed by atoms with E-state index in [9.17, 15) is 4.79 Å². The zero-order chi connectivity index (χ0) is 18.6. The molecule has 3 aromatic carbocycles. The van der Waals surface area contributed by atoms with Gasteiger partial charge in [-0.1, -0.05) is 48.5 Å². The van der Waals surface area contributed by atoms with Gasteiger partial charge in [-0.25, -0.2) is 4.99 Å². The highest BCUT2D eigenvalue weighted by Crippen LogP contribution is 2.34. The molecule has 0 aromatic heterocycles. The van der Waals surface area contributed by atoms with E-state index in [1.165, 1.54) is 11.8 Å². The van der Waals surface area contributed by atoms with Gasteiger partial charge in [0.15, 0.2) is 5.17 Å². The first-order valence-electron chi connectivity index (χ1n) is 8.74. The van der Waals surface area contributed by atoms with Gasteiger partial charge in [0.2, 0.25) is 0 Å². The summed E-state index contributed by atoms with van der Waals surface area (Å²) in [4.78, 5) is 17.6. The van der Waals surface area contributed by atoms with Crippen molar-refractivity contribution in [3.63, 3.8) is 0 Å². The molecule has 0 unspecified atom stereocenters. The highest BCUT2D eigenvalue weighted by molar-refractivity contribution is 8.18. The van der Waals surface area contributed by atoms with Crippen LogP contribution in [0.3, 0.4) is 0 Å². The number of nitrogens with one attached hydrogen (secondary N) is 1. The summed E-state index contributed by atoms with van der Waals surface area (Å²) < 4.78 is 5.80. The summed E-state index contributed by atoms with van der Waals surface area (Å²) in [7, 11) is 0. The van der Waals surface area contributed by atoms with E-state index in [0.717, 1.165) is 27.8 Å². The number of hydrogen-bond donors (Lipinski definition) is 1. The summed E-state index contributed by atoms with van der Waals surface area (Å²) in [5, 5.41) is 5.58. The van der Waals surface area contributed by atoms with E-state index in [-0.39, 0.29) is 5.91 Å². The van der Waals surface area contributed by atoms with Crippen molar-refractivity contribution in [3.05, 3.63) is 77.2 Å². The number of fused-ring (bicyclic) bond motifs is 1. The van der Waals surface area contributed by atoms with Gasteiger partial charge in [-0.2, -0.15) is 0 Å². The smallest absolute Gasteiger partial charge is 0.264 e. The SMILES string of the molecule is CCOc1ccc2ccccc2c1/C=C1\SC(=Nc2ccccc2)NC1=O. The highest BCUT2D eigenvalue weighted by atomic mass is 32.2. The molecule has 1 fully saturated rings. The molecule has 1 amide bonds. The topological polar surface area (TPSA) is 50.7 Å². The first-order valence-corrected chi connectivity index (χ1v) is 9.55. The lowest BCUT2D eigenvalue weighted by molar-refractivity contribution is -0.115. The summed E-state index contributed by atoms with van der Waals surface area (Å²) in [5.74, 6) is 0.621. The van der Waals surface area contributed by atoms with Crippen LogP contribution in [-0.2, 0) is 4.79 Å². The number of carbonyl (C=O) groups is 1. The van der Waals surface area contributed by atoms with Gasteiger partial charge in [0.05, 0.1) is 17.2 Å². The van der Waals surface area contributed by atoms with Gasteiger partial charge in [0.1, 0.15) is 5.75 Å². The third kappa shape index (κ3) is 3.73. The highest BCUT2D eigenvalue weighted by Gasteiger charge is 2.24. The third-order valence-electron chi connectivity index (χ3n) is 4.14. The molecule has 0 spiro atoms. The average Bonchev–Trinajstić information content (AvgIpc) is 3.03. The van der Waals surface area contributed by atoms with Crippen LogP contribution in [0, 0.1) is 0 Å². The molecule has 0 radical (unpaired) electrons. The fourth-order valence-electron chi connectivity index (χ4n) is 2.94. The second kappa shape index (κ2) is 7.68. The van der Waals surface area contributed by atoms with Gasteiger partial charge in [0.25, 0.3) is 5.91 Å². The zero-order valence-corrected chi connectivity index (χ0v) is 15.6. The van der Waals surface area contributed by atoms with E-state index in [1.54, 1.807) is 0 Å². The van der Waals surface area contributed by atoms with Crippen LogP contribution in [0.1, 0.15) is 12.5 Å². The molecule has 0 atom stereocenters. The predicted molar refractivity (Wildman–Crippen MR) is 112 cm³/mol. The molecule has 0 bridgehead atoms. The Bertz CT molecular complexity index is 1060. The van der Waals surface area contributed by atoms with Crippen molar-refractivity contribution in [3.8, 4) is 5.75 Å². The maximum Gasteiger partial charge on any atom is 0.264 e. The lowest BCUT2D eigenvalue weighted by Crippen LogP contribution is -2.19. The number of amides is 1. The van der Waals surface area contributed by atoms with Crippen LogP contribution in [0.4, 0.5) is 5.69 Å². The van der Waals surface area contributed by atoms with Crippen LogP contribution in [0.15, 0.2) is 76.6 Å². The number of benzene rings is 3. The average molecular weight is 374 g/mol. The molecule has 27 heavy (non-hydrogen) atoms. The molecular formula is C22H18N2O2S. The monoisotopic (exact) mass is 374 g/mol. The molecule has 1 heterocycles. The quantitative estimate of drug-likeness (QED) is 0.644. The predicted octanol–water partition coefficient (Wildman–Crippen LogP) is 5.13. The number of para-hydroxylation sites is 1. The number of aliphatic imine (C=N–C) groups is 1. The molecule has 1 aliphatic heterocycles. The standard InChI is InChI=1S/C22H18N2O2S/c1-2-26-19-13-12-15-8-6-7-11-17(15)18(19)14-20-21(25)24-22(27-20)23-16-9-4-3-5-10-16/h3-14H,2H2,1H3,(H,23,24,25)/b20-14-. The van der Waals surface area contributed by atoms with Crippen molar-refractivity contribution in [2.75, 3.05) is 6.61 Å². The molecule has 1 saturated heterocycles. The molecule has 0 saturated carbocycles. The van der Waals surface area contributed by atoms with Crippen molar-refractivity contribution in [2.24, 2.45) is 4.99 Å². The lowest BCUT2D eigenvalue weighted by Gasteiger charge is -2.11. The molecule has 5 heteroatoms. The zero-order valence-electron chi connectivity index (χ0n) is 14.8. The largest absolute Gasteiger partial charge is 0.493 e. The number of thioether (sulfide) groups is 1.